The molecule has 3 atom stereocenters. The predicted octanol–water partition coefficient (Wildman–Crippen LogP) is 1.61. The number of benzene rings is 1. The van der Waals surface area contributed by atoms with E-state index in [0.29, 0.717) is 26.1 Å². The van der Waals surface area contributed by atoms with Crippen LogP contribution in [0.15, 0.2) is 47.1 Å². The molecule has 2 aliphatic heterocycles. The molecule has 0 unspecified atom stereocenters. The Morgan fingerprint density at radius 2 is 1.90 bits per heavy atom. The van der Waals surface area contributed by atoms with Gasteiger partial charge in [-0.05, 0) is 12.0 Å². The van der Waals surface area contributed by atoms with Gasteiger partial charge in [-0.2, -0.15) is 0 Å². The monoisotopic (exact) mass is 396 g/mol. The zero-order chi connectivity index (χ0) is 20.6. The fourth-order valence-corrected chi connectivity index (χ4v) is 4.87. The minimum absolute atomic E-state index is 0.0312. The van der Waals surface area contributed by atoms with Crippen LogP contribution in [0, 0.1) is 5.92 Å². The predicted molar refractivity (Wildman–Crippen MR) is 104 cm³/mol. The van der Waals surface area contributed by atoms with Gasteiger partial charge < -0.3 is 19.6 Å². The van der Waals surface area contributed by atoms with Crippen molar-refractivity contribution in [1.29, 1.82) is 0 Å². The van der Waals surface area contributed by atoms with Crippen molar-refractivity contribution in [3.05, 3.63) is 53.9 Å². The highest BCUT2D eigenvalue weighted by Crippen LogP contribution is 2.48. The number of fused-ring (bicyclic) bond motifs is 1. The van der Waals surface area contributed by atoms with Gasteiger partial charge >= 0.3 is 0 Å². The molecule has 0 bridgehead atoms. The van der Waals surface area contributed by atoms with Gasteiger partial charge in [0.25, 0.3) is 5.91 Å². The first-order chi connectivity index (χ1) is 13.9. The number of nitrogens with one attached hydrogen (secondary N) is 1. The Labute approximate surface area is 168 Å². The third-order valence-corrected chi connectivity index (χ3v) is 5.98. The van der Waals surface area contributed by atoms with Gasteiger partial charge in [0, 0.05) is 45.5 Å². The molecule has 0 saturated carbocycles. The normalized spacial score (nSPS) is 26.1. The van der Waals surface area contributed by atoms with Crippen LogP contribution < -0.4 is 5.32 Å². The molecule has 3 heterocycles. The molecular weight excluding hydrogens is 372 g/mol. The van der Waals surface area contributed by atoms with Gasteiger partial charge in [0.15, 0.2) is 0 Å². The molecule has 29 heavy (non-hydrogen) atoms. The van der Waals surface area contributed by atoms with E-state index in [2.05, 4.69) is 10.5 Å². The molecule has 3 amide bonds. The Kier molecular flexibility index (Phi) is 4.86. The Morgan fingerprint density at radius 1 is 1.14 bits per heavy atom. The summed E-state index contributed by atoms with van der Waals surface area (Å²) in [5.41, 5.74) is 0.278. The number of carbonyl (C=O) groups is 3. The zero-order valence-electron chi connectivity index (χ0n) is 16.5. The summed E-state index contributed by atoms with van der Waals surface area (Å²) in [5, 5.41) is 6.76. The van der Waals surface area contributed by atoms with E-state index in [1.165, 1.54) is 20.0 Å². The van der Waals surface area contributed by atoms with Crippen molar-refractivity contribution in [1.82, 2.24) is 20.3 Å². The molecule has 2 fully saturated rings. The van der Waals surface area contributed by atoms with E-state index < -0.39 is 5.54 Å². The van der Waals surface area contributed by atoms with Crippen molar-refractivity contribution in [3.63, 3.8) is 0 Å². The largest absolute Gasteiger partial charge is 0.351 e. The zero-order valence-corrected chi connectivity index (χ0v) is 16.5. The highest BCUT2D eigenvalue weighted by Gasteiger charge is 2.57. The fourth-order valence-electron chi connectivity index (χ4n) is 4.87. The van der Waals surface area contributed by atoms with Crippen molar-refractivity contribution in [2.24, 2.45) is 5.92 Å². The number of rotatable bonds is 3. The number of carbonyl (C=O) groups excluding carboxylic acids is 3. The first-order valence-corrected chi connectivity index (χ1v) is 9.72. The Morgan fingerprint density at radius 3 is 2.52 bits per heavy atom. The van der Waals surface area contributed by atoms with Gasteiger partial charge in [-0.25, -0.2) is 0 Å². The lowest BCUT2D eigenvalue weighted by atomic mass is 9.75. The third-order valence-electron chi connectivity index (χ3n) is 5.98. The number of piperidine rings is 1. The molecule has 152 valence electrons. The van der Waals surface area contributed by atoms with E-state index >= 15 is 0 Å². The Balaban J connectivity index is 1.79. The maximum Gasteiger partial charge on any atom is 0.293 e. The van der Waals surface area contributed by atoms with Gasteiger partial charge in [0.1, 0.15) is 0 Å². The highest BCUT2D eigenvalue weighted by molar-refractivity contribution is 5.92. The number of likely N-dealkylation sites (tertiary alicyclic amines) is 2. The maximum atomic E-state index is 13.3. The van der Waals surface area contributed by atoms with E-state index in [-0.39, 0.29) is 35.4 Å². The molecule has 4 rings (SSSR count). The van der Waals surface area contributed by atoms with Gasteiger partial charge in [-0.15, -0.1) is 0 Å². The number of aromatic nitrogens is 1. The highest BCUT2D eigenvalue weighted by atomic mass is 16.5. The molecule has 1 aromatic heterocycles. The number of hydrogen-bond donors (Lipinski definition) is 1. The fraction of sp³-hybridized carbons (Fsp3) is 0.429. The van der Waals surface area contributed by atoms with Crippen LogP contribution in [0.1, 0.15) is 42.4 Å². The number of nitrogens with zero attached hydrogens (tertiary/aromatic N) is 3. The SMILES string of the molecule is CC(=O)N[C@@]12CN(C(C)=O)CC[C@@H]1[C@@H](c1ccccc1)N(C(=O)c1ccno1)C2. The second-order valence-corrected chi connectivity index (χ2v) is 7.84. The minimum Gasteiger partial charge on any atom is -0.351 e. The van der Waals surface area contributed by atoms with Gasteiger partial charge in [-0.3, -0.25) is 14.4 Å². The molecule has 2 aliphatic rings. The van der Waals surface area contributed by atoms with Crippen LogP contribution in [0.5, 0.6) is 0 Å². The second kappa shape index (κ2) is 7.35. The van der Waals surface area contributed by atoms with E-state index in [4.69, 9.17) is 4.52 Å². The Hall–Kier alpha value is -3.16. The van der Waals surface area contributed by atoms with Crippen LogP contribution in [0.4, 0.5) is 0 Å². The van der Waals surface area contributed by atoms with E-state index in [9.17, 15) is 14.4 Å². The molecule has 8 nitrogen and oxygen atoms in total. The van der Waals surface area contributed by atoms with Gasteiger partial charge in [0.2, 0.25) is 17.6 Å². The summed E-state index contributed by atoms with van der Waals surface area (Å²) in [6, 6.07) is 11.1. The average Bonchev–Trinajstić information content (AvgIpc) is 3.33. The maximum absolute atomic E-state index is 13.3. The van der Waals surface area contributed by atoms with Crippen LogP contribution in [0.2, 0.25) is 0 Å². The van der Waals surface area contributed by atoms with Crippen molar-refractivity contribution < 1.29 is 18.9 Å². The van der Waals surface area contributed by atoms with E-state index in [1.807, 2.05) is 30.3 Å². The summed E-state index contributed by atoms with van der Waals surface area (Å²) in [5.74, 6) is -0.363. The standard InChI is InChI=1S/C21H24N4O4/c1-14(26)23-21-12-24(15(2)27)11-9-17(21)19(16-6-4-3-5-7-16)25(13-21)20(28)18-8-10-22-29-18/h3-8,10,17,19H,9,11-13H2,1-2H3,(H,23,26)/t17-,19-,21-/m1/s1. The molecule has 0 radical (unpaired) electrons. The summed E-state index contributed by atoms with van der Waals surface area (Å²) in [6.45, 7) is 4.26. The van der Waals surface area contributed by atoms with Gasteiger partial charge in [-0.1, -0.05) is 35.5 Å². The summed E-state index contributed by atoms with van der Waals surface area (Å²) in [6.07, 6.45) is 2.12. The molecule has 0 aliphatic carbocycles. The summed E-state index contributed by atoms with van der Waals surface area (Å²) >= 11 is 0. The van der Waals surface area contributed by atoms with Crippen LogP contribution >= 0.6 is 0 Å². The van der Waals surface area contributed by atoms with Crippen LogP contribution in [0.3, 0.4) is 0 Å². The minimum atomic E-state index is -0.716. The number of amides is 3. The van der Waals surface area contributed by atoms with Gasteiger partial charge in [0.05, 0.1) is 17.8 Å². The van der Waals surface area contributed by atoms with Crippen molar-refractivity contribution in [2.45, 2.75) is 31.8 Å². The molecule has 1 aromatic carbocycles. The second-order valence-electron chi connectivity index (χ2n) is 7.84. The quantitative estimate of drug-likeness (QED) is 0.851. The lowest BCUT2D eigenvalue weighted by Gasteiger charge is -2.45. The summed E-state index contributed by atoms with van der Waals surface area (Å²) in [4.78, 5) is 41.0. The van der Waals surface area contributed by atoms with Crippen LogP contribution in [-0.2, 0) is 9.59 Å². The van der Waals surface area contributed by atoms with E-state index in [1.54, 1.807) is 15.9 Å². The third kappa shape index (κ3) is 3.39. The first kappa shape index (κ1) is 19.2. The van der Waals surface area contributed by atoms with Crippen molar-refractivity contribution >= 4 is 17.7 Å². The first-order valence-electron chi connectivity index (χ1n) is 9.72. The van der Waals surface area contributed by atoms with E-state index in [0.717, 1.165) is 5.56 Å². The number of hydrogen-bond acceptors (Lipinski definition) is 5. The Bertz CT molecular complexity index is 914. The van der Waals surface area contributed by atoms with Crippen molar-refractivity contribution in [3.8, 4) is 0 Å². The summed E-state index contributed by atoms with van der Waals surface area (Å²) in [7, 11) is 0. The lowest BCUT2D eigenvalue weighted by molar-refractivity contribution is -0.134. The molecular formula is C21H24N4O4. The molecule has 2 aromatic rings. The molecule has 0 spiro atoms. The van der Waals surface area contributed by atoms with Crippen molar-refractivity contribution in [2.75, 3.05) is 19.6 Å². The van der Waals surface area contributed by atoms with Crippen LogP contribution in [0.25, 0.3) is 0 Å². The smallest absolute Gasteiger partial charge is 0.293 e. The van der Waals surface area contributed by atoms with Crippen LogP contribution in [-0.4, -0.2) is 57.9 Å². The topological polar surface area (TPSA) is 95.8 Å². The molecule has 2 saturated heterocycles. The molecule has 1 N–H and O–H groups in total. The molecule has 8 heteroatoms. The summed E-state index contributed by atoms with van der Waals surface area (Å²) < 4.78 is 5.13. The average molecular weight is 396 g/mol. The lowest BCUT2D eigenvalue weighted by Crippen LogP contribution is -2.64.